The van der Waals surface area contributed by atoms with Crippen LogP contribution in [0.5, 0.6) is 5.75 Å². The third-order valence-corrected chi connectivity index (χ3v) is 4.82. The van der Waals surface area contributed by atoms with Crippen LogP contribution >= 0.6 is 12.4 Å². The van der Waals surface area contributed by atoms with Gasteiger partial charge in [0.15, 0.2) is 0 Å². The quantitative estimate of drug-likeness (QED) is 0.810. The van der Waals surface area contributed by atoms with E-state index in [1.807, 2.05) is 0 Å². The molecule has 0 fully saturated rings. The van der Waals surface area contributed by atoms with Crippen LogP contribution in [0.3, 0.4) is 0 Å². The Morgan fingerprint density at radius 1 is 1.15 bits per heavy atom. The highest BCUT2D eigenvalue weighted by Crippen LogP contribution is 2.37. The predicted molar refractivity (Wildman–Crippen MR) is 107 cm³/mol. The lowest BCUT2D eigenvalue weighted by Crippen LogP contribution is -2.31. The highest BCUT2D eigenvalue weighted by Gasteiger charge is 2.29. The average Bonchev–Trinajstić information content (AvgIpc) is 2.62. The van der Waals surface area contributed by atoms with Crippen LogP contribution in [0.1, 0.15) is 29.2 Å². The molecule has 2 atom stereocenters. The second-order valence-corrected chi connectivity index (χ2v) is 6.56. The number of halogens is 1. The molecule has 0 heterocycles. The molecule has 0 radical (unpaired) electrons. The molecule has 0 saturated carbocycles. The first-order valence-electron chi connectivity index (χ1n) is 8.55. The number of nitrogens with zero attached hydrogens (tertiary/aromatic N) is 1. The first kappa shape index (κ1) is 22.0. The topological polar surface area (TPSA) is 49.8 Å². The van der Waals surface area contributed by atoms with Gasteiger partial charge in [-0.05, 0) is 68.1 Å². The minimum absolute atomic E-state index is 0. The molecular weight excluding hydrogens is 350 g/mol. The van der Waals surface area contributed by atoms with Crippen molar-refractivity contribution < 1.29 is 14.6 Å². The molecule has 0 spiro atoms. The third kappa shape index (κ3) is 5.48. The number of ether oxygens (including phenoxy) is 1. The molecule has 142 valence electrons. The van der Waals surface area contributed by atoms with Crippen molar-refractivity contribution in [2.75, 3.05) is 21.2 Å². The molecule has 1 aliphatic rings. The lowest BCUT2D eigenvalue weighted by Gasteiger charge is -2.36. The maximum atomic E-state index is 8.36. The van der Waals surface area contributed by atoms with Crippen molar-refractivity contribution >= 4 is 18.9 Å². The van der Waals surface area contributed by atoms with Crippen molar-refractivity contribution in [3.63, 3.8) is 0 Å². The van der Waals surface area contributed by atoms with Gasteiger partial charge in [-0.3, -0.25) is 4.79 Å². The maximum Gasteiger partial charge on any atom is 0.290 e. The van der Waals surface area contributed by atoms with Gasteiger partial charge in [-0.15, -0.1) is 12.4 Å². The van der Waals surface area contributed by atoms with Crippen molar-refractivity contribution in [2.24, 2.45) is 5.92 Å². The van der Waals surface area contributed by atoms with E-state index in [1.54, 1.807) is 7.11 Å². The number of fused-ring (bicyclic) bond motifs is 1. The number of hydrogen-bond acceptors (Lipinski definition) is 3. The van der Waals surface area contributed by atoms with Crippen LogP contribution in [0.4, 0.5) is 0 Å². The maximum absolute atomic E-state index is 8.36. The molecular formula is C21H28ClNO3. The summed E-state index contributed by atoms with van der Waals surface area (Å²) in [4.78, 5) is 10.7. The van der Waals surface area contributed by atoms with Crippen LogP contribution < -0.4 is 4.74 Å². The molecule has 3 rings (SSSR count). The normalized spacial score (nSPS) is 16.4. The van der Waals surface area contributed by atoms with Gasteiger partial charge < -0.3 is 14.7 Å². The van der Waals surface area contributed by atoms with Gasteiger partial charge in [-0.25, -0.2) is 0 Å². The van der Waals surface area contributed by atoms with Crippen LogP contribution in [0.25, 0.3) is 0 Å². The van der Waals surface area contributed by atoms with Gasteiger partial charge in [0.2, 0.25) is 0 Å². The smallest absolute Gasteiger partial charge is 0.290 e. The van der Waals surface area contributed by atoms with Crippen LogP contribution in [0.15, 0.2) is 48.5 Å². The predicted octanol–water partition coefficient (Wildman–Crippen LogP) is 4.23. The first-order chi connectivity index (χ1) is 12.1. The summed E-state index contributed by atoms with van der Waals surface area (Å²) < 4.78 is 5.35. The summed E-state index contributed by atoms with van der Waals surface area (Å²) in [5.74, 6) is 1.64. The summed E-state index contributed by atoms with van der Waals surface area (Å²) in [5.41, 5.74) is 4.37. The number of carbonyl (C=O) groups is 1. The minimum atomic E-state index is -0.250. The van der Waals surface area contributed by atoms with Crippen LogP contribution in [-0.4, -0.2) is 37.7 Å². The summed E-state index contributed by atoms with van der Waals surface area (Å²) in [7, 11) is 6.13. The Labute approximate surface area is 162 Å². The molecule has 0 aromatic heterocycles. The highest BCUT2D eigenvalue weighted by atomic mass is 35.5. The fraction of sp³-hybridized carbons (Fsp3) is 0.381. The average molecular weight is 378 g/mol. The Kier molecular flexibility index (Phi) is 9.17. The zero-order valence-electron chi connectivity index (χ0n) is 15.6. The number of methoxy groups -OCH3 is 1. The number of benzene rings is 2. The van der Waals surface area contributed by atoms with E-state index in [2.05, 4.69) is 67.5 Å². The van der Waals surface area contributed by atoms with E-state index >= 15 is 0 Å². The molecule has 0 amide bonds. The first-order valence-corrected chi connectivity index (χ1v) is 8.55. The van der Waals surface area contributed by atoms with E-state index in [0.717, 1.165) is 18.6 Å². The number of carboxylic acid groups (broad SMARTS) is 1. The molecule has 2 unspecified atom stereocenters. The monoisotopic (exact) mass is 377 g/mol. The van der Waals surface area contributed by atoms with Gasteiger partial charge in [0.25, 0.3) is 6.47 Å². The molecule has 4 nitrogen and oxygen atoms in total. The molecule has 26 heavy (non-hydrogen) atoms. The Morgan fingerprint density at radius 2 is 1.81 bits per heavy atom. The largest absolute Gasteiger partial charge is 0.497 e. The fourth-order valence-electron chi connectivity index (χ4n) is 3.80. The number of aryl methyl sites for hydroxylation is 1. The Hall–Kier alpha value is -2.04. The van der Waals surface area contributed by atoms with Crippen molar-refractivity contribution in [3.8, 4) is 5.75 Å². The molecule has 0 saturated heterocycles. The lowest BCUT2D eigenvalue weighted by molar-refractivity contribution is -0.122. The lowest BCUT2D eigenvalue weighted by atomic mass is 9.77. The van der Waals surface area contributed by atoms with Crippen LogP contribution in [0.2, 0.25) is 0 Å². The Bertz CT molecular complexity index is 676. The zero-order chi connectivity index (χ0) is 18.2. The van der Waals surface area contributed by atoms with Gasteiger partial charge >= 0.3 is 0 Å². The fourth-order valence-corrected chi connectivity index (χ4v) is 3.80. The minimum Gasteiger partial charge on any atom is -0.497 e. The van der Waals surface area contributed by atoms with Crippen molar-refractivity contribution in [3.05, 3.63) is 65.2 Å². The second kappa shape index (κ2) is 10.8. The molecule has 2 aromatic rings. The molecule has 1 aliphatic carbocycles. The number of hydrogen-bond donors (Lipinski definition) is 1. The van der Waals surface area contributed by atoms with Gasteiger partial charge in [0.1, 0.15) is 5.75 Å². The second-order valence-electron chi connectivity index (χ2n) is 6.56. The molecule has 1 N–H and O–H groups in total. The summed E-state index contributed by atoms with van der Waals surface area (Å²) in [5, 5.41) is 6.89. The summed E-state index contributed by atoms with van der Waals surface area (Å²) in [6.45, 7) is -0.250. The summed E-state index contributed by atoms with van der Waals surface area (Å²) >= 11 is 0. The van der Waals surface area contributed by atoms with E-state index in [9.17, 15) is 0 Å². The molecule has 2 aromatic carbocycles. The number of rotatable bonds is 4. The molecule has 5 heteroatoms. The van der Waals surface area contributed by atoms with E-state index in [1.165, 1.54) is 23.1 Å². The van der Waals surface area contributed by atoms with E-state index in [-0.39, 0.29) is 18.9 Å². The Morgan fingerprint density at radius 3 is 2.38 bits per heavy atom. The van der Waals surface area contributed by atoms with Gasteiger partial charge in [-0.1, -0.05) is 36.4 Å². The third-order valence-electron chi connectivity index (χ3n) is 4.82. The van der Waals surface area contributed by atoms with E-state index in [0.29, 0.717) is 12.0 Å². The van der Waals surface area contributed by atoms with Gasteiger partial charge in [0.05, 0.1) is 7.11 Å². The van der Waals surface area contributed by atoms with Gasteiger partial charge in [-0.2, -0.15) is 0 Å². The van der Waals surface area contributed by atoms with Crippen LogP contribution in [-0.2, 0) is 17.6 Å². The van der Waals surface area contributed by atoms with E-state index < -0.39 is 0 Å². The molecule has 0 aliphatic heterocycles. The summed E-state index contributed by atoms with van der Waals surface area (Å²) in [6, 6.07) is 17.9. The van der Waals surface area contributed by atoms with Gasteiger partial charge in [0, 0.05) is 6.04 Å². The zero-order valence-corrected chi connectivity index (χ0v) is 16.4. The van der Waals surface area contributed by atoms with E-state index in [4.69, 9.17) is 14.6 Å². The SMILES string of the molecule is COc1ccc2c(c1)CCC(C(c1ccccc1)N(C)C)C2.Cl.O=CO. The van der Waals surface area contributed by atoms with Crippen molar-refractivity contribution in [2.45, 2.75) is 25.3 Å². The van der Waals surface area contributed by atoms with Crippen LogP contribution in [0, 0.1) is 5.92 Å². The molecule has 0 bridgehead atoms. The standard InChI is InChI=1S/C20H25NO.CH2O2.ClH/c1-21(2)20(15-7-5-4-6-8-15)18-10-9-17-14-19(22-3)12-11-16(17)13-18;2-1-3;/h4-8,11-12,14,18,20H,9-10,13H2,1-3H3;1H,(H,2,3);1H. The van der Waals surface area contributed by atoms with Crippen molar-refractivity contribution in [1.82, 2.24) is 4.90 Å². The summed E-state index contributed by atoms with van der Waals surface area (Å²) in [6.07, 6.45) is 3.53. The highest BCUT2D eigenvalue weighted by molar-refractivity contribution is 5.85. The Balaban J connectivity index is 0.000000791. The van der Waals surface area contributed by atoms with Crippen molar-refractivity contribution in [1.29, 1.82) is 0 Å².